The van der Waals surface area contributed by atoms with Crippen LogP contribution in [0.2, 0.25) is 0 Å². The maximum Gasteiger partial charge on any atom is 0.243 e. The van der Waals surface area contributed by atoms with Crippen molar-refractivity contribution in [3.05, 3.63) is 71.9 Å². The molecule has 2 N–H and O–H groups in total. The first-order valence-electron chi connectivity index (χ1n) is 8.38. The molecule has 2 aromatic carbocycles. The quantitative estimate of drug-likeness (QED) is 0.769. The lowest BCUT2D eigenvalue weighted by molar-refractivity contribution is -0.146. The lowest BCUT2D eigenvalue weighted by Gasteiger charge is -2.35. The van der Waals surface area contributed by atoms with Crippen LogP contribution in [0.1, 0.15) is 11.1 Å². The highest BCUT2D eigenvalue weighted by Gasteiger charge is 2.34. The van der Waals surface area contributed by atoms with Crippen LogP contribution >= 0.6 is 0 Å². The smallest absolute Gasteiger partial charge is 0.243 e. The van der Waals surface area contributed by atoms with Gasteiger partial charge in [0.15, 0.2) is 0 Å². The molecule has 0 spiro atoms. The number of rotatable bonds is 4. The summed E-state index contributed by atoms with van der Waals surface area (Å²) in [5.74, 6) is -0.144. The van der Waals surface area contributed by atoms with E-state index in [4.69, 9.17) is 0 Å². The Morgan fingerprint density at radius 1 is 1.00 bits per heavy atom. The third kappa shape index (κ3) is 3.01. The number of carbonyl (C=O) groups is 2. The number of nitrogens with zero attached hydrogens (tertiary/aromatic N) is 1. The fourth-order valence-electron chi connectivity index (χ4n) is 3.39. The molecule has 5 nitrogen and oxygen atoms in total. The first-order valence-corrected chi connectivity index (χ1v) is 8.38. The van der Waals surface area contributed by atoms with Crippen LogP contribution in [0.15, 0.2) is 60.8 Å². The monoisotopic (exact) mass is 333 g/mol. The van der Waals surface area contributed by atoms with E-state index in [1.165, 1.54) is 0 Å². The number of fused-ring (bicyclic) bond motifs is 1. The average molecular weight is 333 g/mol. The van der Waals surface area contributed by atoms with Gasteiger partial charge >= 0.3 is 0 Å². The molecule has 1 aliphatic rings. The van der Waals surface area contributed by atoms with E-state index in [1.807, 2.05) is 60.8 Å². The van der Waals surface area contributed by atoms with Gasteiger partial charge < -0.3 is 15.2 Å². The third-order valence-electron chi connectivity index (χ3n) is 4.70. The van der Waals surface area contributed by atoms with Gasteiger partial charge in [0.2, 0.25) is 11.8 Å². The van der Waals surface area contributed by atoms with Gasteiger partial charge in [-0.15, -0.1) is 0 Å². The Kier molecular flexibility index (Phi) is 3.98. The van der Waals surface area contributed by atoms with Gasteiger partial charge in [-0.1, -0.05) is 48.5 Å². The van der Waals surface area contributed by atoms with Crippen molar-refractivity contribution >= 4 is 22.7 Å². The highest BCUT2D eigenvalue weighted by atomic mass is 16.2. The summed E-state index contributed by atoms with van der Waals surface area (Å²) in [5.41, 5.74) is 3.10. The van der Waals surface area contributed by atoms with Crippen molar-refractivity contribution in [3.63, 3.8) is 0 Å². The van der Waals surface area contributed by atoms with E-state index in [9.17, 15) is 9.59 Å². The molecule has 1 atom stereocenters. The van der Waals surface area contributed by atoms with E-state index in [0.717, 1.165) is 22.0 Å². The Bertz CT molecular complexity index is 917. The predicted octanol–water partition coefficient (Wildman–Crippen LogP) is 2.24. The molecule has 2 heterocycles. The highest BCUT2D eigenvalue weighted by Crippen LogP contribution is 2.22. The van der Waals surface area contributed by atoms with Crippen molar-refractivity contribution in [2.75, 3.05) is 6.54 Å². The molecule has 0 aliphatic carbocycles. The number of amides is 2. The zero-order chi connectivity index (χ0) is 17.2. The molecule has 3 aromatic rings. The number of hydrogen-bond donors (Lipinski definition) is 2. The van der Waals surface area contributed by atoms with Gasteiger partial charge in [-0.2, -0.15) is 0 Å². The summed E-state index contributed by atoms with van der Waals surface area (Å²) in [6.07, 6.45) is 2.42. The second-order valence-electron chi connectivity index (χ2n) is 6.30. The molecule has 1 aliphatic heterocycles. The molecular weight excluding hydrogens is 314 g/mol. The van der Waals surface area contributed by atoms with E-state index < -0.39 is 6.04 Å². The fraction of sp³-hybridized carbons (Fsp3) is 0.200. The number of aromatic nitrogens is 1. The van der Waals surface area contributed by atoms with Crippen LogP contribution in [0, 0.1) is 0 Å². The van der Waals surface area contributed by atoms with Crippen LogP contribution in [0.5, 0.6) is 0 Å². The van der Waals surface area contributed by atoms with Crippen LogP contribution in [-0.2, 0) is 22.6 Å². The number of nitrogens with one attached hydrogen (secondary N) is 2. The molecule has 4 rings (SSSR count). The number of carbonyl (C=O) groups excluding carboxylic acids is 2. The SMILES string of the molecule is O=C1NCC(=O)N(Cc2ccccc2)[C@@H]1Cc1c[nH]c2ccccc12. The Hall–Kier alpha value is -3.08. The van der Waals surface area contributed by atoms with E-state index in [0.29, 0.717) is 13.0 Å². The van der Waals surface area contributed by atoms with Gasteiger partial charge in [0.05, 0.1) is 6.54 Å². The summed E-state index contributed by atoms with van der Waals surface area (Å²) in [6.45, 7) is 0.510. The molecule has 1 saturated heterocycles. The van der Waals surface area contributed by atoms with Crippen molar-refractivity contribution in [2.24, 2.45) is 0 Å². The van der Waals surface area contributed by atoms with E-state index in [2.05, 4.69) is 10.3 Å². The van der Waals surface area contributed by atoms with E-state index in [1.54, 1.807) is 4.90 Å². The molecule has 1 aromatic heterocycles. The Labute approximate surface area is 145 Å². The van der Waals surface area contributed by atoms with Crippen molar-refractivity contribution < 1.29 is 9.59 Å². The first kappa shape index (κ1) is 15.4. The van der Waals surface area contributed by atoms with Gasteiger partial charge in [-0.3, -0.25) is 9.59 Å². The van der Waals surface area contributed by atoms with Crippen LogP contribution in [0.3, 0.4) is 0 Å². The minimum absolute atomic E-state index is 0.0479. The summed E-state index contributed by atoms with van der Waals surface area (Å²) in [6, 6.07) is 17.3. The Morgan fingerprint density at radius 2 is 1.76 bits per heavy atom. The molecule has 0 saturated carbocycles. The second kappa shape index (κ2) is 6.43. The molecule has 2 amide bonds. The van der Waals surface area contributed by atoms with Gasteiger partial charge in [-0.05, 0) is 17.2 Å². The van der Waals surface area contributed by atoms with Gasteiger partial charge in [0.1, 0.15) is 6.04 Å². The van der Waals surface area contributed by atoms with Crippen LogP contribution in [0.25, 0.3) is 10.9 Å². The molecule has 0 radical (unpaired) electrons. The maximum atomic E-state index is 12.5. The van der Waals surface area contributed by atoms with E-state index in [-0.39, 0.29) is 18.4 Å². The number of hydrogen-bond acceptors (Lipinski definition) is 2. The summed E-state index contributed by atoms with van der Waals surface area (Å²) >= 11 is 0. The van der Waals surface area contributed by atoms with Gasteiger partial charge in [0.25, 0.3) is 0 Å². The second-order valence-corrected chi connectivity index (χ2v) is 6.30. The van der Waals surface area contributed by atoms with Gasteiger partial charge in [-0.25, -0.2) is 0 Å². The molecular formula is C20H19N3O2. The molecule has 1 fully saturated rings. The van der Waals surface area contributed by atoms with Gasteiger partial charge in [0, 0.05) is 30.1 Å². The number of para-hydroxylation sites is 1. The number of aromatic amines is 1. The molecule has 0 bridgehead atoms. The number of benzene rings is 2. The minimum Gasteiger partial charge on any atom is -0.361 e. The topological polar surface area (TPSA) is 65.2 Å². The van der Waals surface area contributed by atoms with Crippen molar-refractivity contribution in [1.29, 1.82) is 0 Å². The van der Waals surface area contributed by atoms with Crippen LogP contribution in [0.4, 0.5) is 0 Å². The molecule has 5 heteroatoms. The zero-order valence-corrected chi connectivity index (χ0v) is 13.7. The molecule has 25 heavy (non-hydrogen) atoms. The number of H-pyrrole nitrogens is 1. The fourth-order valence-corrected chi connectivity index (χ4v) is 3.39. The Balaban J connectivity index is 1.64. The van der Waals surface area contributed by atoms with Crippen molar-refractivity contribution in [3.8, 4) is 0 Å². The number of piperazine rings is 1. The minimum atomic E-state index is -0.499. The Morgan fingerprint density at radius 3 is 2.60 bits per heavy atom. The molecule has 0 unspecified atom stereocenters. The van der Waals surface area contributed by atoms with Crippen molar-refractivity contribution in [2.45, 2.75) is 19.0 Å². The summed E-state index contributed by atoms with van der Waals surface area (Å²) < 4.78 is 0. The average Bonchev–Trinajstić information content (AvgIpc) is 3.05. The maximum absolute atomic E-state index is 12.5. The summed E-state index contributed by atoms with van der Waals surface area (Å²) in [7, 11) is 0. The standard InChI is InChI=1S/C20H19N3O2/c24-19-12-22-20(25)18(23(19)13-14-6-2-1-3-7-14)10-15-11-21-17-9-5-4-8-16(15)17/h1-9,11,18,21H,10,12-13H2,(H,22,25)/t18-/m1/s1. The lowest BCUT2D eigenvalue weighted by Crippen LogP contribution is -2.58. The van der Waals surface area contributed by atoms with Crippen LogP contribution < -0.4 is 5.32 Å². The highest BCUT2D eigenvalue weighted by molar-refractivity contribution is 5.95. The first-order chi connectivity index (χ1) is 12.2. The molecule has 126 valence electrons. The summed E-state index contributed by atoms with van der Waals surface area (Å²) in [5, 5.41) is 3.81. The normalized spacial score (nSPS) is 17.8. The van der Waals surface area contributed by atoms with E-state index >= 15 is 0 Å². The largest absolute Gasteiger partial charge is 0.361 e. The zero-order valence-electron chi connectivity index (χ0n) is 13.7. The summed E-state index contributed by atoms with van der Waals surface area (Å²) in [4.78, 5) is 29.9. The van der Waals surface area contributed by atoms with Crippen molar-refractivity contribution in [1.82, 2.24) is 15.2 Å². The third-order valence-corrected chi connectivity index (χ3v) is 4.70. The lowest BCUT2D eigenvalue weighted by atomic mass is 10.0. The van der Waals surface area contributed by atoms with Crippen LogP contribution in [-0.4, -0.2) is 34.3 Å². The predicted molar refractivity (Wildman–Crippen MR) is 95.8 cm³/mol.